The van der Waals surface area contributed by atoms with Gasteiger partial charge in [-0.25, -0.2) is 9.97 Å². The number of piperidine rings is 1. The monoisotopic (exact) mass is 335 g/mol. The molecule has 24 heavy (non-hydrogen) atoms. The van der Waals surface area contributed by atoms with Gasteiger partial charge in [0.15, 0.2) is 0 Å². The van der Waals surface area contributed by atoms with Gasteiger partial charge in [-0.3, -0.25) is 9.69 Å². The van der Waals surface area contributed by atoms with Gasteiger partial charge < -0.3 is 15.0 Å². The zero-order valence-electron chi connectivity index (χ0n) is 15.2. The van der Waals surface area contributed by atoms with Crippen molar-refractivity contribution >= 4 is 11.9 Å². The Balaban J connectivity index is 1.96. The predicted octanol–water partition coefficient (Wildman–Crippen LogP) is 1.05. The molecule has 7 heteroatoms. The Labute approximate surface area is 144 Å². The minimum Gasteiger partial charge on any atom is -0.377 e. The lowest BCUT2D eigenvalue weighted by Crippen LogP contribution is -2.49. The van der Waals surface area contributed by atoms with Crippen molar-refractivity contribution in [2.24, 2.45) is 0 Å². The topological polar surface area (TPSA) is 70.6 Å². The van der Waals surface area contributed by atoms with E-state index in [-0.39, 0.29) is 11.5 Å². The molecule has 1 atom stereocenters. The third-order valence-corrected chi connectivity index (χ3v) is 4.64. The molecule has 0 aromatic carbocycles. The van der Waals surface area contributed by atoms with Gasteiger partial charge >= 0.3 is 0 Å². The van der Waals surface area contributed by atoms with Gasteiger partial charge in [-0.05, 0) is 25.8 Å². The van der Waals surface area contributed by atoms with Crippen molar-refractivity contribution in [3.63, 3.8) is 0 Å². The maximum absolute atomic E-state index is 11.6. The van der Waals surface area contributed by atoms with E-state index in [9.17, 15) is 4.79 Å². The molecule has 2 rings (SSSR count). The molecule has 0 spiro atoms. The number of likely N-dealkylation sites (tertiary alicyclic amines) is 1. The van der Waals surface area contributed by atoms with E-state index in [0.717, 1.165) is 44.5 Å². The van der Waals surface area contributed by atoms with Crippen LogP contribution in [0.25, 0.3) is 0 Å². The first-order chi connectivity index (χ1) is 11.5. The zero-order valence-corrected chi connectivity index (χ0v) is 15.2. The number of carbonyl (C=O) groups is 1. The Hall–Kier alpha value is -1.73. The van der Waals surface area contributed by atoms with E-state index in [1.54, 1.807) is 14.2 Å². The summed E-state index contributed by atoms with van der Waals surface area (Å²) in [5.74, 6) is 0.783. The number of ether oxygens (including phenoxy) is 1. The Morgan fingerprint density at radius 2 is 2.12 bits per heavy atom. The standard InChI is InChI=1S/C17H29N5O2/c1-18-15(23)6-8-17(24-4)7-5-9-22(13-17)12-14-10-19-16(20-11-14)21(2)3/h10-11H,5-9,12-13H2,1-4H3,(H,18,23)/t17-/m1/s1. The van der Waals surface area contributed by atoms with E-state index in [1.165, 1.54) is 0 Å². The highest BCUT2D eigenvalue weighted by atomic mass is 16.5. The van der Waals surface area contributed by atoms with Crippen molar-refractivity contribution < 1.29 is 9.53 Å². The molecule has 0 unspecified atom stereocenters. The van der Waals surface area contributed by atoms with E-state index in [1.807, 2.05) is 31.4 Å². The van der Waals surface area contributed by atoms with Crippen LogP contribution in [0.4, 0.5) is 5.95 Å². The van der Waals surface area contributed by atoms with Crippen molar-refractivity contribution in [2.45, 2.75) is 37.8 Å². The van der Waals surface area contributed by atoms with Crippen molar-refractivity contribution in [1.82, 2.24) is 20.2 Å². The highest BCUT2D eigenvalue weighted by molar-refractivity contribution is 5.75. The molecule has 1 aliphatic heterocycles. The molecule has 0 radical (unpaired) electrons. The summed E-state index contributed by atoms with van der Waals surface area (Å²) in [4.78, 5) is 24.6. The molecule has 0 saturated carbocycles. The average Bonchev–Trinajstić information content (AvgIpc) is 2.60. The molecule has 1 aromatic rings. The van der Waals surface area contributed by atoms with Crippen LogP contribution < -0.4 is 10.2 Å². The molecular weight excluding hydrogens is 306 g/mol. The summed E-state index contributed by atoms with van der Waals surface area (Å²) >= 11 is 0. The van der Waals surface area contributed by atoms with Gasteiger partial charge in [0, 0.05) is 65.7 Å². The van der Waals surface area contributed by atoms with Gasteiger partial charge in [0.25, 0.3) is 0 Å². The molecule has 0 bridgehead atoms. The van der Waals surface area contributed by atoms with E-state index < -0.39 is 0 Å². The summed E-state index contributed by atoms with van der Waals surface area (Å²) in [5, 5.41) is 2.68. The second-order valence-electron chi connectivity index (χ2n) is 6.66. The largest absolute Gasteiger partial charge is 0.377 e. The van der Waals surface area contributed by atoms with Crippen LogP contribution in [-0.2, 0) is 16.1 Å². The maximum atomic E-state index is 11.6. The van der Waals surface area contributed by atoms with E-state index in [4.69, 9.17) is 4.74 Å². The number of methoxy groups -OCH3 is 1. The predicted molar refractivity (Wildman–Crippen MR) is 93.9 cm³/mol. The quantitative estimate of drug-likeness (QED) is 0.803. The summed E-state index contributed by atoms with van der Waals surface area (Å²) in [7, 11) is 7.28. The Morgan fingerprint density at radius 3 is 2.71 bits per heavy atom. The minimum atomic E-state index is -0.241. The van der Waals surface area contributed by atoms with Crippen LogP contribution in [0.15, 0.2) is 12.4 Å². The molecule has 7 nitrogen and oxygen atoms in total. The highest BCUT2D eigenvalue weighted by Gasteiger charge is 2.35. The molecule has 1 saturated heterocycles. The smallest absolute Gasteiger partial charge is 0.224 e. The molecule has 134 valence electrons. The first kappa shape index (κ1) is 18.6. The first-order valence-corrected chi connectivity index (χ1v) is 8.44. The molecule has 1 amide bonds. The van der Waals surface area contributed by atoms with Crippen molar-refractivity contribution in [2.75, 3.05) is 46.2 Å². The van der Waals surface area contributed by atoms with Crippen LogP contribution in [0.3, 0.4) is 0 Å². The number of nitrogens with one attached hydrogen (secondary N) is 1. The summed E-state index contributed by atoms with van der Waals surface area (Å²) in [6.45, 7) is 2.66. The van der Waals surface area contributed by atoms with E-state index in [2.05, 4.69) is 20.2 Å². The van der Waals surface area contributed by atoms with Gasteiger partial charge in [-0.2, -0.15) is 0 Å². The highest BCUT2D eigenvalue weighted by Crippen LogP contribution is 2.30. The molecular formula is C17H29N5O2. The van der Waals surface area contributed by atoms with Crippen LogP contribution >= 0.6 is 0 Å². The summed E-state index contributed by atoms with van der Waals surface area (Å²) in [6.07, 6.45) is 7.08. The number of hydrogen-bond donors (Lipinski definition) is 1. The third-order valence-electron chi connectivity index (χ3n) is 4.64. The zero-order chi connectivity index (χ0) is 17.6. The van der Waals surface area contributed by atoms with Crippen LogP contribution in [-0.4, -0.2) is 67.7 Å². The van der Waals surface area contributed by atoms with E-state index >= 15 is 0 Å². The van der Waals surface area contributed by atoms with Gasteiger partial charge in [0.2, 0.25) is 11.9 Å². The third kappa shape index (κ3) is 4.88. The van der Waals surface area contributed by atoms with Crippen LogP contribution in [0.1, 0.15) is 31.2 Å². The first-order valence-electron chi connectivity index (χ1n) is 8.44. The van der Waals surface area contributed by atoms with Gasteiger partial charge in [-0.1, -0.05) is 0 Å². The van der Waals surface area contributed by atoms with Crippen LogP contribution in [0.2, 0.25) is 0 Å². The lowest BCUT2D eigenvalue weighted by atomic mass is 9.87. The fourth-order valence-corrected chi connectivity index (χ4v) is 3.18. The normalized spacial score (nSPS) is 21.5. The minimum absolute atomic E-state index is 0.0659. The molecule has 1 aliphatic rings. The molecule has 2 heterocycles. The molecule has 1 aromatic heterocycles. The second-order valence-corrected chi connectivity index (χ2v) is 6.66. The maximum Gasteiger partial charge on any atom is 0.224 e. The van der Waals surface area contributed by atoms with E-state index in [0.29, 0.717) is 12.4 Å². The van der Waals surface area contributed by atoms with Crippen LogP contribution in [0.5, 0.6) is 0 Å². The van der Waals surface area contributed by atoms with Crippen LogP contribution in [0, 0.1) is 0 Å². The number of aromatic nitrogens is 2. The van der Waals surface area contributed by atoms with Crippen molar-refractivity contribution in [1.29, 1.82) is 0 Å². The SMILES string of the molecule is CNC(=O)CC[C@]1(OC)CCCN(Cc2cnc(N(C)C)nc2)C1. The Bertz CT molecular complexity index is 534. The lowest BCUT2D eigenvalue weighted by Gasteiger charge is -2.42. The molecule has 1 N–H and O–H groups in total. The van der Waals surface area contributed by atoms with Gasteiger partial charge in [-0.15, -0.1) is 0 Å². The molecule has 0 aliphatic carbocycles. The number of rotatable bonds is 7. The lowest BCUT2D eigenvalue weighted by molar-refractivity contribution is -0.124. The number of carbonyl (C=O) groups excluding carboxylic acids is 1. The second kappa shape index (κ2) is 8.39. The summed E-state index contributed by atoms with van der Waals surface area (Å²) in [5.41, 5.74) is 0.855. The Morgan fingerprint density at radius 1 is 1.42 bits per heavy atom. The van der Waals surface area contributed by atoms with Crippen molar-refractivity contribution in [3.05, 3.63) is 18.0 Å². The Kier molecular flexibility index (Phi) is 6.51. The number of anilines is 1. The van der Waals surface area contributed by atoms with Crippen molar-refractivity contribution in [3.8, 4) is 0 Å². The van der Waals surface area contributed by atoms with Gasteiger partial charge in [0.05, 0.1) is 5.60 Å². The van der Waals surface area contributed by atoms with Gasteiger partial charge in [0.1, 0.15) is 0 Å². The fraction of sp³-hybridized carbons (Fsp3) is 0.706. The summed E-state index contributed by atoms with van der Waals surface area (Å²) < 4.78 is 5.83. The fourth-order valence-electron chi connectivity index (χ4n) is 3.18. The summed E-state index contributed by atoms with van der Waals surface area (Å²) in [6, 6.07) is 0. The number of nitrogens with zero attached hydrogens (tertiary/aromatic N) is 4. The number of hydrogen-bond acceptors (Lipinski definition) is 6. The average molecular weight is 335 g/mol. The number of amides is 1. The molecule has 1 fully saturated rings.